The van der Waals surface area contributed by atoms with Crippen molar-refractivity contribution in [2.24, 2.45) is 0 Å². The first kappa shape index (κ1) is 7.42. The SMILES string of the molecule is [C-]#[N+]c1ccc(C(C)=O)cn1. The zero-order chi connectivity index (χ0) is 8.27. The number of ketones is 1. The van der Waals surface area contributed by atoms with E-state index in [1.54, 1.807) is 6.07 Å². The Morgan fingerprint density at radius 2 is 2.36 bits per heavy atom. The maximum atomic E-state index is 10.7. The van der Waals surface area contributed by atoms with Gasteiger partial charge in [-0.25, -0.2) is 0 Å². The van der Waals surface area contributed by atoms with E-state index in [9.17, 15) is 4.79 Å². The average Bonchev–Trinajstić information content (AvgIpc) is 2.05. The van der Waals surface area contributed by atoms with Gasteiger partial charge in [0.05, 0.1) is 5.56 Å². The van der Waals surface area contributed by atoms with Gasteiger partial charge in [0.15, 0.2) is 5.78 Å². The summed E-state index contributed by atoms with van der Waals surface area (Å²) < 4.78 is 0. The second kappa shape index (κ2) is 2.93. The van der Waals surface area contributed by atoms with Crippen LogP contribution in [0.25, 0.3) is 4.85 Å². The van der Waals surface area contributed by atoms with E-state index >= 15 is 0 Å². The number of carbonyl (C=O) groups excluding carboxylic acids is 1. The smallest absolute Gasteiger partial charge is 0.269 e. The van der Waals surface area contributed by atoms with Crippen molar-refractivity contribution in [2.75, 3.05) is 0 Å². The summed E-state index contributed by atoms with van der Waals surface area (Å²) in [6, 6.07) is 3.13. The van der Waals surface area contributed by atoms with Gasteiger partial charge in [-0.1, -0.05) is 12.6 Å². The third-order valence-corrected chi connectivity index (χ3v) is 1.27. The zero-order valence-corrected chi connectivity index (χ0v) is 6.03. The van der Waals surface area contributed by atoms with Gasteiger partial charge in [-0.15, -0.1) is 4.98 Å². The fraction of sp³-hybridized carbons (Fsp3) is 0.125. The van der Waals surface area contributed by atoms with Crippen LogP contribution in [0.3, 0.4) is 0 Å². The number of rotatable bonds is 1. The molecule has 11 heavy (non-hydrogen) atoms. The van der Waals surface area contributed by atoms with Crippen molar-refractivity contribution >= 4 is 11.6 Å². The lowest BCUT2D eigenvalue weighted by Crippen LogP contribution is -1.91. The first-order chi connectivity index (χ1) is 5.24. The van der Waals surface area contributed by atoms with E-state index in [2.05, 4.69) is 9.83 Å². The molecule has 0 aliphatic rings. The molecule has 0 aliphatic carbocycles. The molecule has 0 amide bonds. The predicted molar refractivity (Wildman–Crippen MR) is 40.5 cm³/mol. The molecule has 3 nitrogen and oxygen atoms in total. The molecule has 0 atom stereocenters. The lowest BCUT2D eigenvalue weighted by Gasteiger charge is -1.90. The van der Waals surface area contributed by atoms with Gasteiger partial charge in [-0.2, -0.15) is 0 Å². The van der Waals surface area contributed by atoms with Gasteiger partial charge in [-0.3, -0.25) is 4.79 Å². The average molecular weight is 146 g/mol. The van der Waals surface area contributed by atoms with Crippen LogP contribution in [0.4, 0.5) is 5.82 Å². The number of aromatic nitrogens is 1. The number of hydrogen-bond donors (Lipinski definition) is 0. The van der Waals surface area contributed by atoms with Crippen molar-refractivity contribution in [3.05, 3.63) is 35.3 Å². The normalized spacial score (nSPS) is 8.73. The molecule has 0 unspecified atom stereocenters. The predicted octanol–water partition coefficient (Wildman–Crippen LogP) is 1.83. The quantitative estimate of drug-likeness (QED) is 0.447. The van der Waals surface area contributed by atoms with Crippen molar-refractivity contribution in [1.82, 2.24) is 4.98 Å². The topological polar surface area (TPSA) is 34.3 Å². The second-order valence-electron chi connectivity index (χ2n) is 2.07. The van der Waals surface area contributed by atoms with Crippen LogP contribution < -0.4 is 0 Å². The summed E-state index contributed by atoms with van der Waals surface area (Å²) in [6.45, 7) is 8.07. The molecular formula is C8H6N2O. The molecule has 1 rings (SSSR count). The summed E-state index contributed by atoms with van der Waals surface area (Å²) in [5.74, 6) is 0.282. The summed E-state index contributed by atoms with van der Waals surface area (Å²) >= 11 is 0. The Morgan fingerprint density at radius 3 is 2.73 bits per heavy atom. The van der Waals surface area contributed by atoms with Crippen molar-refractivity contribution in [1.29, 1.82) is 0 Å². The molecule has 54 valence electrons. The number of hydrogen-bond acceptors (Lipinski definition) is 2. The highest BCUT2D eigenvalue weighted by Gasteiger charge is 2.00. The van der Waals surface area contributed by atoms with Crippen LogP contribution in [0, 0.1) is 6.57 Å². The number of pyridine rings is 1. The van der Waals surface area contributed by atoms with Gasteiger partial charge in [-0.05, 0) is 13.0 Å². The largest absolute Gasteiger partial charge is 0.361 e. The Kier molecular flexibility index (Phi) is 1.98. The van der Waals surface area contributed by atoms with Gasteiger partial charge < -0.3 is 4.85 Å². The number of nitrogens with zero attached hydrogens (tertiary/aromatic N) is 2. The number of Topliss-reactive ketones (excluding diaryl/α,β-unsaturated/α-hetero) is 1. The van der Waals surface area contributed by atoms with E-state index in [-0.39, 0.29) is 5.78 Å². The van der Waals surface area contributed by atoms with Crippen LogP contribution in [-0.2, 0) is 0 Å². The maximum absolute atomic E-state index is 10.7. The molecule has 0 spiro atoms. The molecule has 0 saturated carbocycles. The molecule has 0 fully saturated rings. The third kappa shape index (κ3) is 1.62. The summed E-state index contributed by atoms with van der Waals surface area (Å²) in [6.07, 6.45) is 1.41. The Morgan fingerprint density at radius 1 is 1.64 bits per heavy atom. The highest BCUT2D eigenvalue weighted by molar-refractivity contribution is 5.93. The molecule has 0 aromatic carbocycles. The monoisotopic (exact) mass is 146 g/mol. The molecule has 0 bridgehead atoms. The highest BCUT2D eigenvalue weighted by Crippen LogP contribution is 2.07. The maximum Gasteiger partial charge on any atom is 0.269 e. The van der Waals surface area contributed by atoms with Crippen LogP contribution in [-0.4, -0.2) is 10.8 Å². The standard InChI is InChI=1S/C8H6N2O/c1-6(11)7-3-4-8(9-2)10-5-7/h3-5H,1H3. The molecule has 0 N–H and O–H groups in total. The molecule has 1 aromatic heterocycles. The zero-order valence-electron chi connectivity index (χ0n) is 6.03. The Balaban J connectivity index is 3.03. The van der Waals surface area contributed by atoms with E-state index in [1.165, 1.54) is 19.2 Å². The van der Waals surface area contributed by atoms with Gasteiger partial charge in [0.2, 0.25) is 0 Å². The van der Waals surface area contributed by atoms with Gasteiger partial charge in [0, 0.05) is 0 Å². The van der Waals surface area contributed by atoms with Crippen LogP contribution >= 0.6 is 0 Å². The lowest BCUT2D eigenvalue weighted by molar-refractivity contribution is 0.101. The fourth-order valence-corrected chi connectivity index (χ4v) is 0.660. The van der Waals surface area contributed by atoms with Gasteiger partial charge >= 0.3 is 0 Å². The highest BCUT2D eigenvalue weighted by atomic mass is 16.1. The summed E-state index contributed by atoms with van der Waals surface area (Å²) in [5.41, 5.74) is 0.539. The fourth-order valence-electron chi connectivity index (χ4n) is 0.660. The molecule has 1 heterocycles. The minimum Gasteiger partial charge on any atom is -0.361 e. The van der Waals surface area contributed by atoms with Crippen molar-refractivity contribution < 1.29 is 4.79 Å². The summed E-state index contributed by atoms with van der Waals surface area (Å²) in [4.78, 5) is 17.6. The van der Waals surface area contributed by atoms with E-state index in [0.717, 1.165) is 0 Å². The minimum atomic E-state index is -0.0333. The minimum absolute atomic E-state index is 0.0333. The van der Waals surface area contributed by atoms with E-state index in [4.69, 9.17) is 6.57 Å². The summed E-state index contributed by atoms with van der Waals surface area (Å²) in [7, 11) is 0. The first-order valence-corrected chi connectivity index (χ1v) is 3.08. The Bertz CT molecular complexity index is 308. The third-order valence-electron chi connectivity index (χ3n) is 1.27. The van der Waals surface area contributed by atoms with Crippen molar-refractivity contribution in [3.8, 4) is 0 Å². The second-order valence-corrected chi connectivity index (χ2v) is 2.07. The molecule has 0 aliphatic heterocycles. The molecular weight excluding hydrogens is 140 g/mol. The number of carbonyl (C=O) groups is 1. The Hall–Kier alpha value is -1.69. The van der Waals surface area contributed by atoms with Crippen LogP contribution in [0.2, 0.25) is 0 Å². The Labute approximate surface area is 64.5 Å². The first-order valence-electron chi connectivity index (χ1n) is 3.08. The van der Waals surface area contributed by atoms with E-state index < -0.39 is 0 Å². The van der Waals surface area contributed by atoms with E-state index in [0.29, 0.717) is 11.4 Å². The van der Waals surface area contributed by atoms with Crippen molar-refractivity contribution in [2.45, 2.75) is 6.92 Å². The molecule has 0 saturated heterocycles. The van der Waals surface area contributed by atoms with Crippen LogP contribution in [0.1, 0.15) is 17.3 Å². The van der Waals surface area contributed by atoms with Gasteiger partial charge in [0.25, 0.3) is 5.82 Å². The van der Waals surface area contributed by atoms with Gasteiger partial charge in [0.1, 0.15) is 6.20 Å². The van der Waals surface area contributed by atoms with Crippen LogP contribution in [0.5, 0.6) is 0 Å². The van der Waals surface area contributed by atoms with Crippen molar-refractivity contribution in [3.63, 3.8) is 0 Å². The summed E-state index contributed by atoms with van der Waals surface area (Å²) in [5, 5.41) is 0. The molecule has 0 radical (unpaired) electrons. The van der Waals surface area contributed by atoms with E-state index in [1.807, 2.05) is 0 Å². The van der Waals surface area contributed by atoms with Crippen LogP contribution in [0.15, 0.2) is 18.3 Å². The molecule has 3 heteroatoms. The molecule has 1 aromatic rings. The lowest BCUT2D eigenvalue weighted by atomic mass is 10.2.